The molecular formula is C35H42O16. The molecule has 4 unspecified atom stereocenters. The van der Waals surface area contributed by atoms with Crippen LogP contribution in [0.2, 0.25) is 0 Å². The second kappa shape index (κ2) is 15.5. The number of allylic oxidation sites excluding steroid dienone is 2. The van der Waals surface area contributed by atoms with Crippen LogP contribution in [0.4, 0.5) is 0 Å². The van der Waals surface area contributed by atoms with Crippen molar-refractivity contribution >= 4 is 16.9 Å². The van der Waals surface area contributed by atoms with Gasteiger partial charge in [0.2, 0.25) is 17.5 Å². The van der Waals surface area contributed by atoms with E-state index in [4.69, 9.17) is 32.8 Å². The standard InChI is InChI=1S/C35H42O16/c1-14(2)6-11-19-20(38)12-21(39)23-25(41)32(30(49-31(19)23)17-7-9-18(45-5)10-8-17)50-35-28(44)33(29(15(3)46-35)47-16(4)37)51-34-27(43)26(42)24(40)22(13-36)48-34/h6-10,12,15,22,24,26-29,33-36,38-40,42-44H,11,13H2,1-5H3/t15?,22?,24-,26+,27?,28+,29+,33?,34+,35+/m1/s1. The van der Waals surface area contributed by atoms with Crippen molar-refractivity contribution in [2.24, 2.45) is 0 Å². The number of ether oxygens (including phenoxy) is 6. The lowest BCUT2D eigenvalue weighted by Crippen LogP contribution is -2.65. The third-order valence-corrected chi connectivity index (χ3v) is 8.68. The summed E-state index contributed by atoms with van der Waals surface area (Å²) in [7, 11) is 1.47. The van der Waals surface area contributed by atoms with Gasteiger partial charge in [0, 0.05) is 24.1 Å². The van der Waals surface area contributed by atoms with Gasteiger partial charge in [-0.05, 0) is 51.5 Å². The molecule has 16 heteroatoms. The molecule has 1 aromatic heterocycles. The molecule has 2 saturated heterocycles. The fraction of sp³-hybridized carbons (Fsp3) is 0.486. The van der Waals surface area contributed by atoms with Crippen LogP contribution in [0.15, 0.2) is 51.2 Å². The van der Waals surface area contributed by atoms with Crippen molar-refractivity contribution in [1.29, 1.82) is 0 Å². The van der Waals surface area contributed by atoms with Crippen LogP contribution in [-0.4, -0.2) is 117 Å². The molecule has 10 atom stereocenters. The average molecular weight is 719 g/mol. The molecular weight excluding hydrogens is 676 g/mol. The normalized spacial score (nSPS) is 29.4. The molecule has 16 nitrogen and oxygen atoms in total. The molecule has 0 saturated carbocycles. The molecule has 0 bridgehead atoms. The van der Waals surface area contributed by atoms with Crippen LogP contribution >= 0.6 is 0 Å². The summed E-state index contributed by atoms with van der Waals surface area (Å²) in [6.45, 7) is 5.49. The maximum absolute atomic E-state index is 14.3. The Bertz CT molecular complexity index is 1800. The van der Waals surface area contributed by atoms with E-state index in [1.165, 1.54) is 14.0 Å². The van der Waals surface area contributed by atoms with E-state index in [9.17, 15) is 45.3 Å². The highest BCUT2D eigenvalue weighted by atomic mass is 16.7. The Hall–Kier alpha value is -4.26. The van der Waals surface area contributed by atoms with E-state index in [1.54, 1.807) is 30.3 Å². The van der Waals surface area contributed by atoms with E-state index in [2.05, 4.69) is 0 Å². The third-order valence-electron chi connectivity index (χ3n) is 8.68. The largest absolute Gasteiger partial charge is 0.507 e. The second-order valence-electron chi connectivity index (χ2n) is 12.6. The number of benzene rings is 2. The van der Waals surface area contributed by atoms with Crippen molar-refractivity contribution < 1.29 is 73.4 Å². The van der Waals surface area contributed by atoms with Crippen LogP contribution in [-0.2, 0) is 30.2 Å². The van der Waals surface area contributed by atoms with Gasteiger partial charge in [-0.1, -0.05) is 11.6 Å². The van der Waals surface area contributed by atoms with E-state index in [0.29, 0.717) is 11.3 Å². The van der Waals surface area contributed by atoms with E-state index < -0.39 is 90.9 Å². The summed E-state index contributed by atoms with van der Waals surface area (Å²) in [5, 5.41) is 73.8. The second-order valence-corrected chi connectivity index (χ2v) is 12.6. The Morgan fingerprint density at radius 2 is 1.59 bits per heavy atom. The smallest absolute Gasteiger partial charge is 0.303 e. The first-order valence-electron chi connectivity index (χ1n) is 16.1. The van der Waals surface area contributed by atoms with E-state index >= 15 is 0 Å². The van der Waals surface area contributed by atoms with Crippen molar-refractivity contribution in [3.05, 3.63) is 57.8 Å². The number of hydrogen-bond acceptors (Lipinski definition) is 16. The molecule has 0 spiro atoms. The molecule has 3 heterocycles. The molecule has 5 rings (SSSR count). The zero-order chi connectivity index (χ0) is 37.3. The molecule has 3 aromatic rings. The molecule has 278 valence electrons. The highest BCUT2D eigenvalue weighted by Gasteiger charge is 2.52. The number of hydrogen-bond donors (Lipinski definition) is 7. The molecule has 2 aliphatic heterocycles. The van der Waals surface area contributed by atoms with Crippen LogP contribution in [0.5, 0.6) is 23.0 Å². The third kappa shape index (κ3) is 7.68. The zero-order valence-electron chi connectivity index (χ0n) is 28.5. The van der Waals surface area contributed by atoms with Gasteiger partial charge < -0.3 is 68.6 Å². The first kappa shape index (κ1) is 38.0. The quantitative estimate of drug-likeness (QED) is 0.114. The van der Waals surface area contributed by atoms with Crippen molar-refractivity contribution in [2.75, 3.05) is 13.7 Å². The van der Waals surface area contributed by atoms with Crippen LogP contribution in [0.25, 0.3) is 22.3 Å². The monoisotopic (exact) mass is 718 g/mol. The van der Waals surface area contributed by atoms with Gasteiger partial charge in [0.25, 0.3) is 0 Å². The number of aliphatic hydroxyl groups is 5. The fourth-order valence-corrected chi connectivity index (χ4v) is 5.96. The van der Waals surface area contributed by atoms with Gasteiger partial charge in [-0.15, -0.1) is 0 Å². The van der Waals surface area contributed by atoms with Gasteiger partial charge in [-0.2, -0.15) is 0 Å². The van der Waals surface area contributed by atoms with Crippen molar-refractivity contribution in [3.8, 4) is 34.3 Å². The van der Waals surface area contributed by atoms with Gasteiger partial charge in [0.1, 0.15) is 64.8 Å². The number of rotatable bonds is 10. The fourth-order valence-electron chi connectivity index (χ4n) is 5.96. The van der Waals surface area contributed by atoms with Crippen molar-refractivity contribution in [3.63, 3.8) is 0 Å². The van der Waals surface area contributed by atoms with Gasteiger partial charge in [-0.25, -0.2) is 0 Å². The van der Waals surface area contributed by atoms with Gasteiger partial charge in [0.05, 0.1) is 19.8 Å². The average Bonchev–Trinajstić information content (AvgIpc) is 3.08. The summed E-state index contributed by atoms with van der Waals surface area (Å²) < 4.78 is 40.2. The summed E-state index contributed by atoms with van der Waals surface area (Å²) in [6.07, 6.45) is -14.3. The van der Waals surface area contributed by atoms with Gasteiger partial charge in [-0.3, -0.25) is 9.59 Å². The zero-order valence-corrected chi connectivity index (χ0v) is 28.5. The molecule has 0 amide bonds. The number of phenols is 2. The summed E-state index contributed by atoms with van der Waals surface area (Å²) in [4.78, 5) is 26.4. The number of aromatic hydroxyl groups is 2. The van der Waals surface area contributed by atoms with E-state index in [-0.39, 0.29) is 34.5 Å². The number of methoxy groups -OCH3 is 1. The van der Waals surface area contributed by atoms with Crippen molar-refractivity contribution in [1.82, 2.24) is 0 Å². The lowest BCUT2D eigenvalue weighted by Gasteiger charge is -2.46. The highest BCUT2D eigenvalue weighted by molar-refractivity contribution is 5.91. The van der Waals surface area contributed by atoms with Crippen molar-refractivity contribution in [2.45, 2.75) is 95.5 Å². The van der Waals surface area contributed by atoms with E-state index in [1.807, 2.05) is 13.8 Å². The first-order valence-corrected chi connectivity index (χ1v) is 16.1. The topological polar surface area (TPSA) is 244 Å². The lowest BCUT2D eigenvalue weighted by atomic mass is 9.97. The number of phenolic OH excluding ortho intramolecular Hbond substituents is 2. The Morgan fingerprint density at radius 1 is 0.902 bits per heavy atom. The molecule has 7 N–H and O–H groups in total. The molecule has 2 aromatic carbocycles. The maximum Gasteiger partial charge on any atom is 0.303 e. The molecule has 2 aliphatic rings. The maximum atomic E-state index is 14.3. The van der Waals surface area contributed by atoms with Crippen LogP contribution in [0.1, 0.15) is 33.3 Å². The van der Waals surface area contributed by atoms with Gasteiger partial charge in [0.15, 0.2) is 18.2 Å². The highest BCUT2D eigenvalue weighted by Crippen LogP contribution is 2.41. The molecule has 0 aliphatic carbocycles. The molecule has 2 fully saturated rings. The predicted octanol–water partition coefficient (Wildman–Crippen LogP) is 0.990. The molecule has 51 heavy (non-hydrogen) atoms. The van der Waals surface area contributed by atoms with Crippen LogP contribution < -0.4 is 14.9 Å². The minimum Gasteiger partial charge on any atom is -0.507 e. The Morgan fingerprint density at radius 3 is 2.20 bits per heavy atom. The number of aliphatic hydroxyl groups excluding tert-OH is 5. The SMILES string of the molecule is COc1ccc(-c2oc3c(CC=C(C)C)c(O)cc(O)c3c(=O)c2O[C@@H]2OC(C)[C@H](OC(C)=O)C(O[C@@H]3OC(CO)[C@@H](O)[C@H](O)C3O)[C@@H]2O)cc1. The predicted molar refractivity (Wildman–Crippen MR) is 176 cm³/mol. The number of carbonyl (C=O) groups is 1. The van der Waals surface area contributed by atoms with Gasteiger partial charge >= 0.3 is 5.97 Å². The summed E-state index contributed by atoms with van der Waals surface area (Å²) in [5.41, 5.74) is 0.409. The lowest BCUT2D eigenvalue weighted by molar-refractivity contribution is -0.350. The number of esters is 1. The Kier molecular flexibility index (Phi) is 11.6. The van der Waals surface area contributed by atoms with Crippen LogP contribution in [0.3, 0.4) is 0 Å². The van der Waals surface area contributed by atoms with E-state index in [0.717, 1.165) is 18.6 Å². The number of fused-ring (bicyclic) bond motifs is 1. The summed E-state index contributed by atoms with van der Waals surface area (Å²) >= 11 is 0. The molecule has 0 radical (unpaired) electrons. The minimum absolute atomic E-state index is 0.120. The number of carbonyl (C=O) groups excluding carboxylic acids is 1. The van der Waals surface area contributed by atoms with Crippen LogP contribution in [0, 0.1) is 0 Å². The first-order chi connectivity index (χ1) is 24.2. The Balaban J connectivity index is 1.62. The Labute approximate surface area is 291 Å². The minimum atomic E-state index is -1.90. The summed E-state index contributed by atoms with van der Waals surface area (Å²) in [6, 6.07) is 7.32. The summed E-state index contributed by atoms with van der Waals surface area (Å²) in [5.74, 6) is -1.93.